The van der Waals surface area contributed by atoms with Crippen LogP contribution in [0.15, 0.2) is 24.5 Å². The lowest BCUT2D eigenvalue weighted by molar-refractivity contribution is -0.0298. The molecule has 1 aromatic carbocycles. The number of phenolic OH excluding ortho intramolecular Hbond substituents is 1. The molecule has 9 heteroatoms. The number of nitrogens with one attached hydrogen (secondary N) is 1. The van der Waals surface area contributed by atoms with E-state index in [1.165, 1.54) is 7.11 Å². The molecule has 8 nitrogen and oxygen atoms in total. The Labute approximate surface area is 154 Å². The minimum Gasteiger partial charge on any atom is -0.503 e. The molecule has 1 atom stereocenters. The van der Waals surface area contributed by atoms with Gasteiger partial charge in [0.2, 0.25) is 5.28 Å². The van der Waals surface area contributed by atoms with E-state index in [1.807, 2.05) is 4.57 Å². The van der Waals surface area contributed by atoms with Gasteiger partial charge in [0.25, 0.3) is 0 Å². The maximum atomic E-state index is 10.3. The molecular weight excluding hydrogens is 358 g/mol. The molecule has 1 fully saturated rings. The van der Waals surface area contributed by atoms with E-state index in [9.17, 15) is 5.11 Å². The third kappa shape index (κ3) is 3.02. The number of anilines is 2. The Balaban J connectivity index is 1.75. The van der Waals surface area contributed by atoms with Gasteiger partial charge < -0.3 is 19.9 Å². The predicted molar refractivity (Wildman–Crippen MR) is 97.1 cm³/mol. The average Bonchev–Trinajstić information content (AvgIpc) is 3.08. The summed E-state index contributed by atoms with van der Waals surface area (Å²) in [7, 11) is 1.49. The summed E-state index contributed by atoms with van der Waals surface area (Å²) in [6.45, 7) is 0.714. The van der Waals surface area contributed by atoms with Gasteiger partial charge in [-0.2, -0.15) is 9.97 Å². The van der Waals surface area contributed by atoms with E-state index >= 15 is 0 Å². The summed E-state index contributed by atoms with van der Waals surface area (Å²) < 4.78 is 12.8. The van der Waals surface area contributed by atoms with Crippen LogP contribution < -0.4 is 10.1 Å². The molecule has 1 unspecified atom stereocenters. The molecule has 3 aromatic rings. The number of halogens is 1. The Morgan fingerprint density at radius 2 is 2.23 bits per heavy atom. The van der Waals surface area contributed by atoms with Crippen LogP contribution in [-0.2, 0) is 4.74 Å². The zero-order chi connectivity index (χ0) is 18.1. The first-order valence-corrected chi connectivity index (χ1v) is 8.70. The number of para-hydroxylation sites is 1. The largest absolute Gasteiger partial charge is 0.503 e. The van der Waals surface area contributed by atoms with Crippen molar-refractivity contribution in [2.75, 3.05) is 19.0 Å². The maximum absolute atomic E-state index is 10.3. The summed E-state index contributed by atoms with van der Waals surface area (Å²) in [5, 5.41) is 13.4. The minimum atomic E-state index is -0.113. The van der Waals surface area contributed by atoms with Gasteiger partial charge in [-0.05, 0) is 43.0 Å². The number of aromatic nitrogens is 4. The molecule has 0 aliphatic carbocycles. The summed E-state index contributed by atoms with van der Waals surface area (Å²) in [5.74, 6) is 0.735. The molecule has 26 heavy (non-hydrogen) atoms. The van der Waals surface area contributed by atoms with Gasteiger partial charge in [0.1, 0.15) is 6.23 Å². The molecule has 0 bridgehead atoms. The summed E-state index contributed by atoms with van der Waals surface area (Å²) in [6, 6.07) is 5.13. The number of imidazole rings is 1. The van der Waals surface area contributed by atoms with Crippen LogP contribution >= 0.6 is 11.6 Å². The van der Waals surface area contributed by atoms with Gasteiger partial charge in [-0.15, -0.1) is 0 Å². The van der Waals surface area contributed by atoms with Gasteiger partial charge in [0.05, 0.1) is 19.1 Å². The zero-order valence-corrected chi connectivity index (χ0v) is 14.9. The van der Waals surface area contributed by atoms with Crippen LogP contribution in [0.2, 0.25) is 5.28 Å². The van der Waals surface area contributed by atoms with Crippen molar-refractivity contribution in [1.29, 1.82) is 0 Å². The second-order valence-electron chi connectivity index (χ2n) is 5.97. The summed E-state index contributed by atoms with van der Waals surface area (Å²) >= 11 is 6.12. The van der Waals surface area contributed by atoms with Crippen molar-refractivity contribution in [2.45, 2.75) is 25.5 Å². The lowest BCUT2D eigenvalue weighted by atomic mass is 10.2. The van der Waals surface area contributed by atoms with Crippen LogP contribution in [0.5, 0.6) is 11.5 Å². The van der Waals surface area contributed by atoms with E-state index in [0.29, 0.717) is 35.0 Å². The van der Waals surface area contributed by atoms with Gasteiger partial charge in [0.15, 0.2) is 28.5 Å². The van der Waals surface area contributed by atoms with Crippen molar-refractivity contribution in [1.82, 2.24) is 19.5 Å². The van der Waals surface area contributed by atoms with Crippen molar-refractivity contribution in [2.24, 2.45) is 0 Å². The molecular formula is C17H18ClN5O3. The number of aromatic hydroxyl groups is 1. The second-order valence-corrected chi connectivity index (χ2v) is 6.31. The third-order valence-electron chi connectivity index (χ3n) is 4.33. The van der Waals surface area contributed by atoms with E-state index in [2.05, 4.69) is 20.3 Å². The van der Waals surface area contributed by atoms with Crippen LogP contribution in [-0.4, -0.2) is 38.3 Å². The van der Waals surface area contributed by atoms with Crippen LogP contribution in [0, 0.1) is 0 Å². The topological polar surface area (TPSA) is 94.3 Å². The van der Waals surface area contributed by atoms with E-state index in [-0.39, 0.29) is 17.3 Å². The highest BCUT2D eigenvalue weighted by atomic mass is 35.5. The number of phenols is 1. The predicted octanol–water partition coefficient (Wildman–Crippen LogP) is 3.64. The SMILES string of the molecule is COc1cccc(Nc2nc(Cl)nc3c2ncn3C2CCCCO2)c1O. The molecule has 2 N–H and O–H groups in total. The Morgan fingerprint density at radius 3 is 3.00 bits per heavy atom. The Hall–Kier alpha value is -2.58. The van der Waals surface area contributed by atoms with Crippen LogP contribution in [0.3, 0.4) is 0 Å². The van der Waals surface area contributed by atoms with Gasteiger partial charge in [-0.25, -0.2) is 4.98 Å². The van der Waals surface area contributed by atoms with Gasteiger partial charge in [-0.1, -0.05) is 6.07 Å². The molecule has 0 amide bonds. The number of fused-ring (bicyclic) bond motifs is 1. The normalized spacial score (nSPS) is 17.4. The highest BCUT2D eigenvalue weighted by molar-refractivity contribution is 6.28. The average molecular weight is 376 g/mol. The zero-order valence-electron chi connectivity index (χ0n) is 14.1. The number of hydrogen-bond donors (Lipinski definition) is 2. The number of benzene rings is 1. The van der Waals surface area contributed by atoms with Crippen molar-refractivity contribution in [3.63, 3.8) is 0 Å². The fraction of sp³-hybridized carbons (Fsp3) is 0.353. The van der Waals surface area contributed by atoms with Crippen LogP contribution in [0.1, 0.15) is 25.5 Å². The fourth-order valence-electron chi connectivity index (χ4n) is 3.05. The monoisotopic (exact) mass is 375 g/mol. The fourth-order valence-corrected chi connectivity index (χ4v) is 3.21. The third-order valence-corrected chi connectivity index (χ3v) is 4.50. The highest BCUT2D eigenvalue weighted by Crippen LogP contribution is 2.36. The number of methoxy groups -OCH3 is 1. The molecule has 0 radical (unpaired) electrons. The van der Waals surface area contributed by atoms with E-state index in [0.717, 1.165) is 19.3 Å². The van der Waals surface area contributed by atoms with Crippen molar-refractivity contribution in [3.05, 3.63) is 29.8 Å². The van der Waals surface area contributed by atoms with Gasteiger partial charge in [0, 0.05) is 6.61 Å². The lowest BCUT2D eigenvalue weighted by Crippen LogP contribution is -2.17. The molecule has 0 saturated carbocycles. The van der Waals surface area contributed by atoms with Crippen molar-refractivity contribution in [3.8, 4) is 11.5 Å². The first kappa shape index (κ1) is 16.9. The Kier molecular flexibility index (Phi) is 4.52. The number of hydrogen-bond acceptors (Lipinski definition) is 7. The first-order chi connectivity index (χ1) is 12.7. The maximum Gasteiger partial charge on any atom is 0.226 e. The van der Waals surface area contributed by atoms with Crippen LogP contribution in [0.4, 0.5) is 11.5 Å². The highest BCUT2D eigenvalue weighted by Gasteiger charge is 2.21. The molecule has 2 aromatic heterocycles. The first-order valence-electron chi connectivity index (χ1n) is 8.32. The van der Waals surface area contributed by atoms with E-state index in [1.54, 1.807) is 24.5 Å². The quantitative estimate of drug-likeness (QED) is 0.531. The lowest BCUT2D eigenvalue weighted by Gasteiger charge is -2.23. The summed E-state index contributed by atoms with van der Waals surface area (Å²) in [6.07, 6.45) is 4.61. The molecule has 1 aliphatic heterocycles. The van der Waals surface area contributed by atoms with Crippen LogP contribution in [0.25, 0.3) is 11.2 Å². The number of rotatable bonds is 4. The molecule has 1 aliphatic rings. The Morgan fingerprint density at radius 1 is 1.35 bits per heavy atom. The van der Waals surface area contributed by atoms with Crippen molar-refractivity contribution >= 4 is 34.3 Å². The van der Waals surface area contributed by atoms with E-state index in [4.69, 9.17) is 21.1 Å². The smallest absolute Gasteiger partial charge is 0.226 e. The summed E-state index contributed by atoms with van der Waals surface area (Å²) in [5.41, 5.74) is 1.57. The minimum absolute atomic E-state index is 0.0204. The second kappa shape index (κ2) is 6.97. The van der Waals surface area contributed by atoms with Crippen molar-refractivity contribution < 1.29 is 14.6 Å². The van der Waals surface area contributed by atoms with Gasteiger partial charge in [-0.3, -0.25) is 4.57 Å². The van der Waals surface area contributed by atoms with E-state index < -0.39 is 0 Å². The molecule has 3 heterocycles. The Bertz CT molecular complexity index is 940. The standard InChI is InChI=1S/C17H18ClN5O3/c1-25-11-6-4-5-10(14(11)24)20-15-13-16(22-17(18)21-15)23(9-19-13)12-7-2-3-8-26-12/h4-6,9,12,24H,2-3,7-8H2,1H3,(H,20,21,22). The molecule has 4 rings (SSSR count). The number of nitrogens with zero attached hydrogens (tertiary/aromatic N) is 4. The summed E-state index contributed by atoms with van der Waals surface area (Å²) in [4.78, 5) is 13.0. The molecule has 0 spiro atoms. The van der Waals surface area contributed by atoms with Gasteiger partial charge >= 0.3 is 0 Å². The number of ether oxygens (including phenoxy) is 2. The molecule has 136 valence electrons. The molecule has 1 saturated heterocycles.